The van der Waals surface area contributed by atoms with Crippen LogP contribution in [-0.2, 0) is 0 Å². The van der Waals surface area contributed by atoms with E-state index in [1.54, 1.807) is 0 Å². The molecule has 26 rings (SSSR count). The van der Waals surface area contributed by atoms with Crippen LogP contribution in [0, 0.1) is 0 Å². The van der Waals surface area contributed by atoms with Crippen molar-refractivity contribution >= 4 is 152 Å². The lowest BCUT2D eigenvalue weighted by molar-refractivity contribution is 1.18. The van der Waals surface area contributed by atoms with Gasteiger partial charge in [0.25, 0.3) is 0 Å². The minimum Gasteiger partial charge on any atom is -0.309 e. The second-order valence-corrected chi connectivity index (χ2v) is 32.2. The van der Waals surface area contributed by atoms with Crippen molar-refractivity contribution in [3.63, 3.8) is 0 Å². The molecular formula is C116H74N6. The van der Waals surface area contributed by atoms with Gasteiger partial charge in [-0.1, -0.05) is 297 Å². The average Bonchev–Trinajstić information content (AvgIpc) is 1.54. The van der Waals surface area contributed by atoms with Gasteiger partial charge in [-0.05, 0) is 207 Å². The van der Waals surface area contributed by atoms with Gasteiger partial charge in [0.1, 0.15) is 0 Å². The van der Waals surface area contributed by atoms with Gasteiger partial charge in [-0.25, -0.2) is 0 Å². The fourth-order valence-corrected chi connectivity index (χ4v) is 20.2. The summed E-state index contributed by atoms with van der Waals surface area (Å²) in [6.07, 6.45) is 0. The van der Waals surface area contributed by atoms with Crippen LogP contribution in [0.3, 0.4) is 0 Å². The molecule has 6 aromatic heterocycles. The first kappa shape index (κ1) is 68.9. The second-order valence-electron chi connectivity index (χ2n) is 32.2. The van der Waals surface area contributed by atoms with E-state index in [4.69, 9.17) is 0 Å². The highest BCUT2D eigenvalue weighted by Crippen LogP contribution is 2.49. The quantitative estimate of drug-likeness (QED) is 0.131. The molecule has 20 aromatic carbocycles. The lowest BCUT2D eigenvalue weighted by Gasteiger charge is -2.12. The number of hydrogen-bond acceptors (Lipinski definition) is 0. The molecule has 26 aromatic rings. The minimum absolute atomic E-state index is 1.15. The number of para-hydroxylation sites is 6. The maximum Gasteiger partial charge on any atom is 0.0641 e. The summed E-state index contributed by atoms with van der Waals surface area (Å²) in [7, 11) is 0. The SMILES string of the molecule is c1ccc(-c2ccc(-n3c4ccccc4c4cc(-c5ccc6c(c5)c5c(ccc7c8ccccc8n(-c8ccccc8)c75)n6-c5cccc6ccccc56)ccc43)cc2)cc1.c1ccc(-c2ccc(-n3c4ccccc4c4cc(-c5ccc6c(c5)c5c7c8ccccc8n(-c8ccccc8)c7ccc5n6-c5cccc6ccccc56)ccc43)cc2)cc1. The normalized spacial score (nSPS) is 11.9. The highest BCUT2D eigenvalue weighted by atomic mass is 15.0. The highest BCUT2D eigenvalue weighted by molar-refractivity contribution is 6.31. The van der Waals surface area contributed by atoms with Crippen molar-refractivity contribution < 1.29 is 0 Å². The molecule has 0 aliphatic rings. The third-order valence-electron chi connectivity index (χ3n) is 25.6. The van der Waals surface area contributed by atoms with E-state index < -0.39 is 0 Å². The summed E-state index contributed by atoms with van der Waals surface area (Å²) in [5.41, 5.74) is 31.0. The molecule has 0 saturated carbocycles. The first-order chi connectivity index (χ1) is 60.6. The smallest absolute Gasteiger partial charge is 0.0641 e. The van der Waals surface area contributed by atoms with Crippen molar-refractivity contribution in [2.75, 3.05) is 0 Å². The van der Waals surface area contributed by atoms with Crippen LogP contribution in [0.1, 0.15) is 0 Å². The van der Waals surface area contributed by atoms with Gasteiger partial charge in [-0.15, -0.1) is 0 Å². The molecule has 0 N–H and O–H groups in total. The number of benzene rings is 20. The molecule has 0 radical (unpaired) electrons. The van der Waals surface area contributed by atoms with Crippen molar-refractivity contribution in [2.45, 2.75) is 0 Å². The maximum absolute atomic E-state index is 2.49. The number of nitrogens with zero attached hydrogens (tertiary/aromatic N) is 6. The van der Waals surface area contributed by atoms with Gasteiger partial charge in [0.2, 0.25) is 0 Å². The molecule has 0 aliphatic heterocycles. The van der Waals surface area contributed by atoms with Crippen LogP contribution in [-0.4, -0.2) is 27.4 Å². The Morgan fingerprint density at radius 1 is 0.123 bits per heavy atom. The molecule has 0 amide bonds. The van der Waals surface area contributed by atoms with E-state index >= 15 is 0 Å². The van der Waals surface area contributed by atoms with Crippen molar-refractivity contribution in [1.29, 1.82) is 0 Å². The zero-order valence-electron chi connectivity index (χ0n) is 66.4. The Morgan fingerprint density at radius 2 is 0.393 bits per heavy atom. The van der Waals surface area contributed by atoms with Crippen LogP contribution in [0.5, 0.6) is 0 Å². The Bertz CT molecular complexity index is 8700. The summed E-state index contributed by atoms with van der Waals surface area (Å²) >= 11 is 0. The molecule has 568 valence electrons. The summed E-state index contributed by atoms with van der Waals surface area (Å²) < 4.78 is 14.7. The van der Waals surface area contributed by atoms with Crippen molar-refractivity contribution in [3.8, 4) is 78.6 Å². The Balaban J connectivity index is 0.000000134. The van der Waals surface area contributed by atoms with E-state index in [0.29, 0.717) is 0 Å². The van der Waals surface area contributed by atoms with Crippen LogP contribution in [0.25, 0.3) is 231 Å². The Labute approximate surface area is 702 Å². The summed E-state index contributed by atoms with van der Waals surface area (Å²) in [5, 5.41) is 19.9. The number of hydrogen-bond donors (Lipinski definition) is 0. The molecular weight excluding hydrogens is 1480 g/mol. The predicted octanol–water partition coefficient (Wildman–Crippen LogP) is 30.9. The third-order valence-corrected chi connectivity index (χ3v) is 25.6. The van der Waals surface area contributed by atoms with Crippen LogP contribution in [0.15, 0.2) is 449 Å². The summed E-state index contributed by atoms with van der Waals surface area (Å²) in [5.74, 6) is 0. The van der Waals surface area contributed by atoms with Gasteiger partial charge < -0.3 is 27.4 Å². The molecule has 0 spiro atoms. The van der Waals surface area contributed by atoms with Crippen LogP contribution < -0.4 is 0 Å². The monoisotopic (exact) mass is 1550 g/mol. The summed E-state index contributed by atoms with van der Waals surface area (Å²) in [6.45, 7) is 0. The van der Waals surface area contributed by atoms with Crippen LogP contribution in [0.2, 0.25) is 0 Å². The standard InChI is InChI=1S/2C58H37N3/c1-3-14-38(15-4-1)39-26-30-44(31-27-39)59-52-23-11-10-22-47(52)49-36-41(28-33-54(49)59)42-29-34-55-50(37-42)57-56(61(55)51-25-13-17-40-16-7-8-20-45(40)51)35-32-48-46-21-9-12-24-53(46)60(58(48)57)43-18-5-2-6-19-43;1-3-14-38(15-4-1)39-26-30-44(31-27-39)59-51-23-11-9-21-46(51)48-36-41(28-32-53(48)59)42-29-33-54-49(37-42)58-56(61(54)50-25-13-17-40-16-7-8-20-45(40)50)35-34-55-57(58)47-22-10-12-24-52(47)60(55)43-18-5-2-6-19-43/h2*1-37H. The van der Waals surface area contributed by atoms with Gasteiger partial charge in [0, 0.05) is 98.2 Å². The highest BCUT2D eigenvalue weighted by Gasteiger charge is 2.26. The Kier molecular flexibility index (Phi) is 15.6. The van der Waals surface area contributed by atoms with E-state index in [9.17, 15) is 0 Å². The number of aromatic nitrogens is 6. The average molecular weight is 1550 g/mol. The molecule has 0 aliphatic carbocycles. The van der Waals surface area contributed by atoms with Gasteiger partial charge in [0.05, 0.1) is 77.6 Å². The molecule has 122 heavy (non-hydrogen) atoms. The number of rotatable bonds is 10. The third kappa shape index (κ3) is 10.7. The molecule has 0 unspecified atom stereocenters. The van der Waals surface area contributed by atoms with Crippen LogP contribution >= 0.6 is 0 Å². The number of fused-ring (bicyclic) bond motifs is 22. The van der Waals surface area contributed by atoms with Crippen molar-refractivity contribution in [1.82, 2.24) is 27.4 Å². The Hall–Kier alpha value is -16.3. The largest absolute Gasteiger partial charge is 0.309 e. The fourth-order valence-electron chi connectivity index (χ4n) is 20.2. The predicted molar refractivity (Wildman–Crippen MR) is 516 cm³/mol. The van der Waals surface area contributed by atoms with Gasteiger partial charge >= 0.3 is 0 Å². The van der Waals surface area contributed by atoms with Gasteiger partial charge in [-0.2, -0.15) is 0 Å². The minimum atomic E-state index is 1.15. The first-order valence-corrected chi connectivity index (χ1v) is 42.0. The van der Waals surface area contributed by atoms with Crippen molar-refractivity contribution in [2.24, 2.45) is 0 Å². The molecule has 0 fully saturated rings. The topological polar surface area (TPSA) is 29.6 Å². The second kappa shape index (κ2) is 27.7. The lowest BCUT2D eigenvalue weighted by atomic mass is 9.99. The van der Waals surface area contributed by atoms with Crippen LogP contribution in [0.4, 0.5) is 0 Å². The van der Waals surface area contributed by atoms with E-state index in [2.05, 4.69) is 476 Å². The van der Waals surface area contributed by atoms with Gasteiger partial charge in [0.15, 0.2) is 0 Å². The van der Waals surface area contributed by atoms with Crippen molar-refractivity contribution in [3.05, 3.63) is 449 Å². The zero-order valence-corrected chi connectivity index (χ0v) is 66.4. The summed E-state index contributed by atoms with van der Waals surface area (Å²) in [4.78, 5) is 0. The fraction of sp³-hybridized carbons (Fsp3) is 0. The molecule has 6 heterocycles. The molecule has 0 bridgehead atoms. The molecule has 0 saturated heterocycles. The molecule has 6 heteroatoms. The van der Waals surface area contributed by atoms with E-state index in [0.717, 1.165) is 22.7 Å². The van der Waals surface area contributed by atoms with E-state index in [1.165, 1.54) is 208 Å². The molecule has 6 nitrogen and oxygen atoms in total. The summed E-state index contributed by atoms with van der Waals surface area (Å²) in [6, 6.07) is 164. The van der Waals surface area contributed by atoms with Gasteiger partial charge in [-0.3, -0.25) is 0 Å². The first-order valence-electron chi connectivity index (χ1n) is 42.0. The maximum atomic E-state index is 2.49. The van der Waals surface area contributed by atoms with E-state index in [-0.39, 0.29) is 0 Å². The van der Waals surface area contributed by atoms with E-state index in [1.807, 2.05) is 0 Å². The zero-order chi connectivity index (χ0) is 80.0. The Morgan fingerprint density at radius 3 is 0.861 bits per heavy atom. The molecule has 0 atom stereocenters. The lowest BCUT2D eigenvalue weighted by Crippen LogP contribution is -1.96.